The Balaban J connectivity index is 2.74. The van der Waals surface area contributed by atoms with Crippen molar-refractivity contribution in [3.05, 3.63) is 23.2 Å². The van der Waals surface area contributed by atoms with Crippen molar-refractivity contribution in [3.63, 3.8) is 0 Å². The molecule has 0 aliphatic heterocycles. The van der Waals surface area contributed by atoms with E-state index < -0.39 is 10.8 Å². The molecule has 0 bridgehead atoms. The van der Waals surface area contributed by atoms with Crippen molar-refractivity contribution in [2.45, 2.75) is 4.90 Å². The van der Waals surface area contributed by atoms with Crippen LogP contribution < -0.4 is 5.73 Å². The van der Waals surface area contributed by atoms with Crippen LogP contribution in [-0.4, -0.2) is 35.5 Å². The molecule has 0 aromatic heterocycles. The Bertz CT molecular complexity index is 368. The van der Waals surface area contributed by atoms with E-state index in [2.05, 4.69) is 0 Å². The van der Waals surface area contributed by atoms with Gasteiger partial charge in [0.15, 0.2) is 0 Å². The minimum Gasteiger partial charge on any atom is -0.398 e. The molecule has 0 amide bonds. The van der Waals surface area contributed by atoms with Crippen LogP contribution in [-0.2, 0) is 10.8 Å². The molecule has 1 unspecified atom stereocenters. The first kappa shape index (κ1) is 12.5. The lowest BCUT2D eigenvalue weighted by Gasteiger charge is -2.10. The highest BCUT2D eigenvalue weighted by Crippen LogP contribution is 2.21. The number of nitrogen functional groups attached to an aromatic ring is 1. The zero-order valence-corrected chi connectivity index (χ0v) is 10.4. The van der Waals surface area contributed by atoms with Gasteiger partial charge in [-0.2, -0.15) is 0 Å². The summed E-state index contributed by atoms with van der Waals surface area (Å²) in [6.45, 7) is 0.772. The molecule has 0 heterocycles. The van der Waals surface area contributed by atoms with Gasteiger partial charge in [0.1, 0.15) is 0 Å². The van der Waals surface area contributed by atoms with Crippen LogP contribution in [0.15, 0.2) is 23.1 Å². The molecule has 0 fully saturated rings. The van der Waals surface area contributed by atoms with Gasteiger partial charge in [0, 0.05) is 23.0 Å². The lowest BCUT2D eigenvalue weighted by Crippen LogP contribution is -2.19. The largest absolute Gasteiger partial charge is 0.398 e. The lowest BCUT2D eigenvalue weighted by atomic mass is 10.3. The fourth-order valence-corrected chi connectivity index (χ4v) is 2.58. The van der Waals surface area contributed by atoms with E-state index in [0.29, 0.717) is 21.4 Å². The average Bonchev–Trinajstić information content (AvgIpc) is 2.14. The summed E-state index contributed by atoms with van der Waals surface area (Å²) in [7, 11) is 2.84. The number of rotatable bonds is 4. The molecule has 2 N–H and O–H groups in total. The Hall–Kier alpha value is -0.580. The van der Waals surface area contributed by atoms with Gasteiger partial charge >= 0.3 is 0 Å². The standard InChI is InChI=1S/C10H15ClN2OS/c1-13(2)5-6-15(14)10-4-3-8(11)7-9(10)12/h3-4,7H,5-6,12H2,1-2H3. The maximum absolute atomic E-state index is 11.8. The van der Waals surface area contributed by atoms with Crippen LogP contribution in [0.1, 0.15) is 0 Å². The van der Waals surface area contributed by atoms with Gasteiger partial charge in [-0.25, -0.2) is 0 Å². The number of benzene rings is 1. The third-order valence-corrected chi connectivity index (χ3v) is 3.59. The van der Waals surface area contributed by atoms with E-state index >= 15 is 0 Å². The van der Waals surface area contributed by atoms with Crippen LogP contribution in [0.3, 0.4) is 0 Å². The van der Waals surface area contributed by atoms with Crippen molar-refractivity contribution in [2.75, 3.05) is 32.1 Å². The minimum absolute atomic E-state index is 0.500. The summed E-state index contributed by atoms with van der Waals surface area (Å²) in [6, 6.07) is 5.06. The first-order valence-corrected chi connectivity index (χ1v) is 6.28. The van der Waals surface area contributed by atoms with Crippen molar-refractivity contribution in [1.82, 2.24) is 4.90 Å². The molecule has 84 valence electrons. The molecule has 1 atom stereocenters. The maximum Gasteiger partial charge on any atom is 0.0618 e. The normalized spacial score (nSPS) is 13.1. The Labute approximate surface area is 97.7 Å². The number of hydrogen-bond acceptors (Lipinski definition) is 3. The topological polar surface area (TPSA) is 46.3 Å². The number of nitrogens with zero attached hydrogens (tertiary/aromatic N) is 1. The van der Waals surface area contributed by atoms with Crippen LogP contribution in [0.4, 0.5) is 5.69 Å². The molecule has 0 aliphatic rings. The predicted molar refractivity (Wildman–Crippen MR) is 65.7 cm³/mol. The second kappa shape index (κ2) is 5.49. The van der Waals surface area contributed by atoms with E-state index in [0.717, 1.165) is 6.54 Å². The van der Waals surface area contributed by atoms with Crippen molar-refractivity contribution in [3.8, 4) is 0 Å². The van der Waals surface area contributed by atoms with Crippen LogP contribution in [0.25, 0.3) is 0 Å². The minimum atomic E-state index is -1.05. The number of anilines is 1. The highest BCUT2D eigenvalue weighted by molar-refractivity contribution is 7.85. The lowest BCUT2D eigenvalue weighted by molar-refractivity contribution is 0.435. The first-order valence-electron chi connectivity index (χ1n) is 4.59. The Morgan fingerprint density at radius 1 is 1.47 bits per heavy atom. The van der Waals surface area contributed by atoms with Gasteiger partial charge in [0.25, 0.3) is 0 Å². The van der Waals surface area contributed by atoms with E-state index in [4.69, 9.17) is 17.3 Å². The van der Waals surface area contributed by atoms with Gasteiger partial charge in [-0.15, -0.1) is 0 Å². The molecule has 0 radical (unpaired) electrons. The summed E-state index contributed by atoms with van der Waals surface area (Å²) >= 11 is 5.76. The third kappa shape index (κ3) is 3.81. The second-order valence-corrected chi connectivity index (χ2v) is 5.51. The predicted octanol–water partition coefficient (Wildman–Crippen LogP) is 1.59. The Morgan fingerprint density at radius 3 is 2.67 bits per heavy atom. The van der Waals surface area contributed by atoms with Crippen LogP contribution >= 0.6 is 11.6 Å². The molecule has 0 saturated heterocycles. The quantitative estimate of drug-likeness (QED) is 0.821. The average molecular weight is 247 g/mol. The van der Waals surface area contributed by atoms with Crippen LogP contribution in [0.5, 0.6) is 0 Å². The van der Waals surface area contributed by atoms with Crippen LogP contribution in [0, 0.1) is 0 Å². The molecule has 1 aromatic carbocycles. The molecule has 3 nitrogen and oxygen atoms in total. The molecule has 15 heavy (non-hydrogen) atoms. The summed E-state index contributed by atoms with van der Waals surface area (Å²) in [5.41, 5.74) is 6.24. The smallest absolute Gasteiger partial charge is 0.0618 e. The Kier molecular flexibility index (Phi) is 4.57. The van der Waals surface area contributed by atoms with E-state index in [9.17, 15) is 4.21 Å². The van der Waals surface area contributed by atoms with E-state index in [1.54, 1.807) is 18.2 Å². The zero-order chi connectivity index (χ0) is 11.4. The highest BCUT2D eigenvalue weighted by atomic mass is 35.5. The molecule has 1 rings (SSSR count). The van der Waals surface area contributed by atoms with Gasteiger partial charge in [-0.1, -0.05) is 11.6 Å². The van der Waals surface area contributed by atoms with E-state index in [1.165, 1.54) is 0 Å². The van der Waals surface area contributed by atoms with Crippen molar-refractivity contribution >= 4 is 28.1 Å². The van der Waals surface area contributed by atoms with Gasteiger partial charge in [0.2, 0.25) is 0 Å². The second-order valence-electron chi connectivity index (χ2n) is 3.54. The summed E-state index contributed by atoms with van der Waals surface area (Å²) in [5.74, 6) is 0.582. The molecule has 0 aliphatic carbocycles. The molecule has 5 heteroatoms. The van der Waals surface area contributed by atoms with E-state index in [-0.39, 0.29) is 0 Å². The molecule has 1 aromatic rings. The zero-order valence-electron chi connectivity index (χ0n) is 8.87. The maximum atomic E-state index is 11.8. The molecular weight excluding hydrogens is 232 g/mol. The SMILES string of the molecule is CN(C)CCS(=O)c1ccc(Cl)cc1N. The molecule has 0 saturated carbocycles. The van der Waals surface area contributed by atoms with Crippen LogP contribution in [0.2, 0.25) is 5.02 Å². The van der Waals surface area contributed by atoms with Crippen molar-refractivity contribution in [2.24, 2.45) is 0 Å². The van der Waals surface area contributed by atoms with Gasteiger partial charge in [-0.3, -0.25) is 4.21 Å². The van der Waals surface area contributed by atoms with Crippen molar-refractivity contribution in [1.29, 1.82) is 0 Å². The third-order valence-electron chi connectivity index (χ3n) is 1.94. The number of hydrogen-bond donors (Lipinski definition) is 1. The molecular formula is C10H15ClN2OS. The first-order chi connectivity index (χ1) is 7.00. The Morgan fingerprint density at radius 2 is 2.13 bits per heavy atom. The number of nitrogens with two attached hydrogens (primary N) is 1. The van der Waals surface area contributed by atoms with E-state index in [1.807, 2.05) is 19.0 Å². The fourth-order valence-electron chi connectivity index (χ4n) is 1.10. The van der Waals surface area contributed by atoms with Gasteiger partial charge in [-0.05, 0) is 32.3 Å². The monoisotopic (exact) mass is 246 g/mol. The fraction of sp³-hybridized carbons (Fsp3) is 0.400. The summed E-state index contributed by atoms with van der Waals surface area (Å²) in [5, 5.41) is 0.570. The van der Waals surface area contributed by atoms with Gasteiger partial charge < -0.3 is 10.6 Å². The summed E-state index contributed by atoms with van der Waals surface area (Å²) < 4.78 is 11.8. The van der Waals surface area contributed by atoms with Crippen molar-refractivity contribution < 1.29 is 4.21 Å². The van der Waals surface area contributed by atoms with Gasteiger partial charge in [0.05, 0.1) is 15.7 Å². The number of halogens is 1. The highest BCUT2D eigenvalue weighted by Gasteiger charge is 2.08. The molecule has 0 spiro atoms. The summed E-state index contributed by atoms with van der Waals surface area (Å²) in [6.07, 6.45) is 0. The summed E-state index contributed by atoms with van der Waals surface area (Å²) in [4.78, 5) is 2.66.